The first-order chi connectivity index (χ1) is 8.38. The van der Waals surface area contributed by atoms with Gasteiger partial charge in [0.1, 0.15) is 5.82 Å². The number of aromatic nitrogens is 1. The molecule has 2 N–H and O–H groups in total. The van der Waals surface area contributed by atoms with Gasteiger partial charge in [0.2, 0.25) is 0 Å². The Morgan fingerprint density at radius 3 is 2.22 bits per heavy atom. The molecule has 0 amide bonds. The van der Waals surface area contributed by atoms with Crippen molar-refractivity contribution in [3.63, 3.8) is 0 Å². The van der Waals surface area contributed by atoms with Crippen molar-refractivity contribution >= 4 is 17.4 Å². The van der Waals surface area contributed by atoms with E-state index in [9.17, 15) is 13.2 Å². The van der Waals surface area contributed by atoms with Gasteiger partial charge in [-0.1, -0.05) is 23.7 Å². The molecule has 0 saturated carbocycles. The first kappa shape index (κ1) is 12.7. The zero-order chi connectivity index (χ0) is 13.3. The number of benzene rings is 1. The highest BCUT2D eigenvalue weighted by molar-refractivity contribution is 6.33. The fourth-order valence-electron chi connectivity index (χ4n) is 1.50. The van der Waals surface area contributed by atoms with E-state index >= 15 is 0 Å². The topological polar surface area (TPSA) is 38.9 Å². The first-order valence-corrected chi connectivity index (χ1v) is 5.34. The van der Waals surface area contributed by atoms with Gasteiger partial charge in [-0.2, -0.15) is 13.2 Å². The number of rotatable bonds is 1. The second-order valence-corrected chi connectivity index (χ2v) is 4.07. The SMILES string of the molecule is Nc1cc(Cl)c(-c2ccc(C(F)(F)F)cc2)cn1. The molecule has 18 heavy (non-hydrogen) atoms. The standard InChI is InChI=1S/C12H8ClF3N2/c13-10-5-11(17)18-6-9(10)7-1-3-8(4-2-7)12(14,15)16/h1-6H,(H2,17,18). The minimum atomic E-state index is -4.35. The number of nitrogen functional groups attached to an aromatic ring is 1. The number of nitrogens with two attached hydrogens (primary N) is 1. The molecule has 0 aliphatic rings. The van der Waals surface area contributed by atoms with E-state index in [0.717, 1.165) is 12.1 Å². The van der Waals surface area contributed by atoms with Crippen LogP contribution in [0.25, 0.3) is 11.1 Å². The first-order valence-electron chi connectivity index (χ1n) is 4.96. The maximum Gasteiger partial charge on any atom is 0.416 e. The number of pyridine rings is 1. The number of nitrogens with zero attached hydrogens (tertiary/aromatic N) is 1. The highest BCUT2D eigenvalue weighted by atomic mass is 35.5. The highest BCUT2D eigenvalue weighted by Gasteiger charge is 2.30. The van der Waals surface area contributed by atoms with Gasteiger partial charge in [-0.15, -0.1) is 0 Å². The Bertz CT molecular complexity index is 565. The third-order valence-corrected chi connectivity index (χ3v) is 2.71. The van der Waals surface area contributed by atoms with Gasteiger partial charge in [-0.05, 0) is 23.8 Å². The van der Waals surface area contributed by atoms with Crippen LogP contribution >= 0.6 is 11.6 Å². The molecular weight excluding hydrogens is 265 g/mol. The van der Waals surface area contributed by atoms with E-state index in [2.05, 4.69) is 4.98 Å². The van der Waals surface area contributed by atoms with E-state index in [1.807, 2.05) is 0 Å². The Balaban J connectivity index is 2.41. The molecule has 0 atom stereocenters. The predicted molar refractivity (Wildman–Crippen MR) is 64.1 cm³/mol. The molecule has 1 aromatic heterocycles. The van der Waals surface area contributed by atoms with Crippen LogP contribution in [0.2, 0.25) is 5.02 Å². The molecule has 2 rings (SSSR count). The van der Waals surface area contributed by atoms with Crippen molar-refractivity contribution < 1.29 is 13.2 Å². The molecule has 0 aliphatic heterocycles. The second kappa shape index (κ2) is 4.49. The molecular formula is C12H8ClF3N2. The number of hydrogen-bond acceptors (Lipinski definition) is 2. The van der Waals surface area contributed by atoms with Crippen molar-refractivity contribution in [1.82, 2.24) is 4.98 Å². The third kappa shape index (κ3) is 2.56. The molecule has 0 fully saturated rings. The van der Waals surface area contributed by atoms with Crippen LogP contribution < -0.4 is 5.73 Å². The fraction of sp³-hybridized carbons (Fsp3) is 0.0833. The summed E-state index contributed by atoms with van der Waals surface area (Å²) in [6.07, 6.45) is -2.91. The molecule has 2 aromatic rings. The Kier molecular flexibility index (Phi) is 3.17. The van der Waals surface area contributed by atoms with Crippen LogP contribution in [-0.4, -0.2) is 4.98 Å². The van der Waals surface area contributed by atoms with E-state index < -0.39 is 11.7 Å². The van der Waals surface area contributed by atoms with Gasteiger partial charge in [0, 0.05) is 11.8 Å². The van der Waals surface area contributed by atoms with Gasteiger partial charge >= 0.3 is 6.18 Å². The summed E-state index contributed by atoms with van der Waals surface area (Å²) in [5, 5.41) is 0.349. The van der Waals surface area contributed by atoms with Gasteiger partial charge in [0.25, 0.3) is 0 Å². The lowest BCUT2D eigenvalue weighted by atomic mass is 10.1. The van der Waals surface area contributed by atoms with Crippen LogP contribution in [0.5, 0.6) is 0 Å². The molecule has 0 bridgehead atoms. The Labute approximate surface area is 106 Å². The van der Waals surface area contributed by atoms with E-state index in [0.29, 0.717) is 16.1 Å². The summed E-state index contributed by atoms with van der Waals surface area (Å²) in [5.74, 6) is 0.260. The van der Waals surface area contributed by atoms with Crippen LogP contribution in [0.3, 0.4) is 0 Å². The minimum Gasteiger partial charge on any atom is -0.384 e. The average Bonchev–Trinajstić information content (AvgIpc) is 2.28. The molecule has 0 spiro atoms. The maximum absolute atomic E-state index is 12.4. The summed E-state index contributed by atoms with van der Waals surface area (Å²) in [6.45, 7) is 0. The van der Waals surface area contributed by atoms with Crippen LogP contribution in [-0.2, 0) is 6.18 Å². The van der Waals surface area contributed by atoms with Crippen LogP contribution in [0, 0.1) is 0 Å². The zero-order valence-electron chi connectivity index (χ0n) is 9.00. The quantitative estimate of drug-likeness (QED) is 0.852. The zero-order valence-corrected chi connectivity index (χ0v) is 9.76. The lowest BCUT2D eigenvalue weighted by molar-refractivity contribution is -0.137. The highest BCUT2D eigenvalue weighted by Crippen LogP contribution is 2.33. The summed E-state index contributed by atoms with van der Waals surface area (Å²) in [5.41, 5.74) is 5.84. The fourth-order valence-corrected chi connectivity index (χ4v) is 1.77. The Morgan fingerprint density at radius 1 is 1.11 bits per heavy atom. The second-order valence-electron chi connectivity index (χ2n) is 3.66. The largest absolute Gasteiger partial charge is 0.416 e. The normalized spacial score (nSPS) is 11.6. The summed E-state index contributed by atoms with van der Waals surface area (Å²) >= 11 is 5.95. The molecule has 1 aromatic carbocycles. The molecule has 0 radical (unpaired) electrons. The van der Waals surface area contributed by atoms with Gasteiger partial charge in [0.05, 0.1) is 10.6 Å². The van der Waals surface area contributed by atoms with E-state index in [4.69, 9.17) is 17.3 Å². The monoisotopic (exact) mass is 272 g/mol. The lowest BCUT2D eigenvalue weighted by Crippen LogP contribution is -2.04. The van der Waals surface area contributed by atoms with Crippen molar-refractivity contribution in [1.29, 1.82) is 0 Å². The summed E-state index contributed by atoms with van der Waals surface area (Å²) in [6, 6.07) is 6.16. The maximum atomic E-state index is 12.4. The Hall–Kier alpha value is -1.75. The van der Waals surface area contributed by atoms with E-state index in [1.165, 1.54) is 24.4 Å². The lowest BCUT2D eigenvalue weighted by Gasteiger charge is -2.08. The van der Waals surface area contributed by atoms with Crippen molar-refractivity contribution in [2.75, 3.05) is 5.73 Å². The molecule has 1 heterocycles. The third-order valence-electron chi connectivity index (χ3n) is 2.40. The summed E-state index contributed by atoms with van der Waals surface area (Å²) in [4.78, 5) is 3.86. The summed E-state index contributed by atoms with van der Waals surface area (Å²) < 4.78 is 37.2. The molecule has 2 nitrogen and oxygen atoms in total. The molecule has 0 saturated heterocycles. The van der Waals surface area contributed by atoms with E-state index in [-0.39, 0.29) is 5.82 Å². The van der Waals surface area contributed by atoms with Gasteiger partial charge in [-0.3, -0.25) is 0 Å². The molecule has 94 valence electrons. The number of hydrogen-bond donors (Lipinski definition) is 1. The van der Waals surface area contributed by atoms with Crippen molar-refractivity contribution in [3.8, 4) is 11.1 Å². The van der Waals surface area contributed by atoms with Crippen molar-refractivity contribution in [2.24, 2.45) is 0 Å². The van der Waals surface area contributed by atoms with Gasteiger partial charge in [0.15, 0.2) is 0 Å². The predicted octanol–water partition coefficient (Wildman–Crippen LogP) is 4.00. The number of anilines is 1. The molecule has 0 aliphatic carbocycles. The van der Waals surface area contributed by atoms with Crippen molar-refractivity contribution in [3.05, 3.63) is 47.1 Å². The molecule has 0 unspecified atom stereocenters. The van der Waals surface area contributed by atoms with Crippen LogP contribution in [0.15, 0.2) is 36.5 Å². The van der Waals surface area contributed by atoms with E-state index in [1.54, 1.807) is 0 Å². The van der Waals surface area contributed by atoms with Gasteiger partial charge in [-0.25, -0.2) is 4.98 Å². The number of halogens is 4. The minimum absolute atomic E-state index is 0.260. The van der Waals surface area contributed by atoms with Crippen LogP contribution in [0.1, 0.15) is 5.56 Å². The number of alkyl halides is 3. The summed E-state index contributed by atoms with van der Waals surface area (Å²) in [7, 11) is 0. The average molecular weight is 273 g/mol. The Morgan fingerprint density at radius 2 is 1.72 bits per heavy atom. The van der Waals surface area contributed by atoms with Crippen molar-refractivity contribution in [2.45, 2.75) is 6.18 Å². The van der Waals surface area contributed by atoms with Gasteiger partial charge < -0.3 is 5.73 Å². The van der Waals surface area contributed by atoms with Crippen LogP contribution in [0.4, 0.5) is 19.0 Å². The smallest absolute Gasteiger partial charge is 0.384 e. The molecule has 6 heteroatoms.